The first-order valence-corrected chi connectivity index (χ1v) is 11.6. The van der Waals surface area contributed by atoms with Gasteiger partial charge in [0.15, 0.2) is 9.84 Å². The van der Waals surface area contributed by atoms with Crippen molar-refractivity contribution in [2.45, 2.75) is 75.8 Å². The topological polar surface area (TPSA) is 84.2 Å². The van der Waals surface area contributed by atoms with E-state index < -0.39 is 9.84 Å². The van der Waals surface area contributed by atoms with Crippen molar-refractivity contribution in [1.29, 1.82) is 0 Å². The second kappa shape index (κ2) is 6.59. The first-order chi connectivity index (χ1) is 13.1. The van der Waals surface area contributed by atoms with Gasteiger partial charge in [-0.25, -0.2) is 13.1 Å². The summed E-state index contributed by atoms with van der Waals surface area (Å²) in [5, 5.41) is 18.4. The van der Waals surface area contributed by atoms with E-state index in [0.717, 1.165) is 47.6 Å². The molecule has 2 N–H and O–H groups in total. The van der Waals surface area contributed by atoms with Gasteiger partial charge in [0, 0.05) is 17.2 Å². The Balaban J connectivity index is 1.72. The summed E-state index contributed by atoms with van der Waals surface area (Å²) in [6.45, 7) is 8.43. The van der Waals surface area contributed by atoms with E-state index in [4.69, 9.17) is 5.10 Å². The molecule has 2 heterocycles. The predicted octanol–water partition coefficient (Wildman–Crippen LogP) is 3.65. The van der Waals surface area contributed by atoms with E-state index in [1.165, 1.54) is 0 Å². The molecule has 6 nitrogen and oxygen atoms in total. The average Bonchev–Trinajstić information content (AvgIpc) is 3.25. The molecule has 0 bridgehead atoms. The largest absolute Gasteiger partial charge is 0.393 e. The fraction of sp³-hybridized carbons (Fsp3) is 0.571. The Morgan fingerprint density at radius 2 is 2.00 bits per heavy atom. The maximum atomic E-state index is 12.1. The van der Waals surface area contributed by atoms with Crippen molar-refractivity contribution in [2.75, 3.05) is 11.1 Å². The van der Waals surface area contributed by atoms with Crippen molar-refractivity contribution in [2.24, 2.45) is 0 Å². The molecule has 4 rings (SSSR count). The van der Waals surface area contributed by atoms with E-state index in [0.29, 0.717) is 11.3 Å². The van der Waals surface area contributed by atoms with Crippen molar-refractivity contribution in [3.05, 3.63) is 35.0 Å². The van der Waals surface area contributed by atoms with E-state index >= 15 is 0 Å². The number of sulfone groups is 1. The van der Waals surface area contributed by atoms with Gasteiger partial charge in [-0.2, -0.15) is 5.10 Å². The summed E-state index contributed by atoms with van der Waals surface area (Å²) in [4.78, 5) is 0.458. The van der Waals surface area contributed by atoms with Crippen LogP contribution in [0.5, 0.6) is 0 Å². The molecule has 1 saturated carbocycles. The van der Waals surface area contributed by atoms with Crippen molar-refractivity contribution in [3.63, 3.8) is 0 Å². The maximum absolute atomic E-state index is 12.1. The van der Waals surface area contributed by atoms with E-state index in [9.17, 15) is 13.5 Å². The summed E-state index contributed by atoms with van der Waals surface area (Å²) < 4.78 is 26.2. The molecule has 7 heteroatoms. The molecule has 1 aromatic heterocycles. The fourth-order valence-corrected chi connectivity index (χ4v) is 5.93. The zero-order valence-electron chi connectivity index (χ0n) is 17.0. The Morgan fingerprint density at radius 1 is 1.25 bits per heavy atom. The maximum Gasteiger partial charge on any atom is 0.178 e. The number of benzene rings is 1. The lowest BCUT2D eigenvalue weighted by molar-refractivity contribution is 0.181. The number of fused-ring (bicyclic) bond motifs is 1. The van der Waals surface area contributed by atoms with Crippen LogP contribution in [0.4, 0.5) is 11.5 Å². The highest BCUT2D eigenvalue weighted by molar-refractivity contribution is 7.91. The zero-order chi connectivity index (χ0) is 20.3. The molecule has 152 valence electrons. The Kier molecular flexibility index (Phi) is 4.58. The van der Waals surface area contributed by atoms with Gasteiger partial charge >= 0.3 is 0 Å². The minimum atomic E-state index is -3.12. The number of aromatic nitrogens is 2. The molecule has 28 heavy (non-hydrogen) atoms. The van der Waals surface area contributed by atoms with E-state index in [1.807, 2.05) is 16.8 Å². The van der Waals surface area contributed by atoms with Crippen LogP contribution in [0.3, 0.4) is 0 Å². The normalized spacial score (nSPS) is 23.8. The summed E-state index contributed by atoms with van der Waals surface area (Å²) in [6, 6.07) is 5.49. The van der Waals surface area contributed by atoms with Crippen LogP contribution in [0.2, 0.25) is 0 Å². The molecule has 2 aromatic rings. The van der Waals surface area contributed by atoms with E-state index in [2.05, 4.69) is 33.0 Å². The Hall–Kier alpha value is -1.86. The molecule has 0 unspecified atom stereocenters. The fourth-order valence-electron chi connectivity index (χ4n) is 4.39. The van der Waals surface area contributed by atoms with E-state index in [1.54, 1.807) is 6.07 Å². The molecule has 0 saturated heterocycles. The molecule has 1 aliphatic carbocycles. The average molecular weight is 404 g/mol. The van der Waals surface area contributed by atoms with Gasteiger partial charge in [0.25, 0.3) is 0 Å². The molecule has 1 fully saturated rings. The molecule has 0 amide bonds. The Bertz CT molecular complexity index is 1020. The summed E-state index contributed by atoms with van der Waals surface area (Å²) in [6.07, 6.45) is 2.88. The van der Waals surface area contributed by atoms with Crippen molar-refractivity contribution in [3.8, 4) is 0 Å². The van der Waals surface area contributed by atoms with Crippen LogP contribution < -0.4 is 5.32 Å². The number of nitrogens with zero attached hydrogens (tertiary/aromatic N) is 2. The standard InChI is InChI=1S/C21H29N3O3S/c1-13-19(15-5-7-17(25)12-15)23-24(21(2,3)4)20(13)22-16-6-8-18-14(11-16)9-10-28(18,26)27/h6,8,11,15,17,22,25H,5,7,9-10,12H2,1-4H3/t15-,17+/m0/s1. The smallest absolute Gasteiger partial charge is 0.178 e. The zero-order valence-corrected chi connectivity index (χ0v) is 17.8. The third kappa shape index (κ3) is 3.35. The van der Waals surface area contributed by atoms with Gasteiger partial charge in [-0.05, 0) is 77.1 Å². The minimum absolute atomic E-state index is 0.193. The molecule has 2 atom stereocenters. The van der Waals surface area contributed by atoms with Crippen molar-refractivity contribution >= 4 is 21.3 Å². The first-order valence-electron chi connectivity index (χ1n) is 9.97. The van der Waals surface area contributed by atoms with Gasteiger partial charge in [-0.3, -0.25) is 0 Å². The quantitative estimate of drug-likeness (QED) is 0.817. The van der Waals surface area contributed by atoms with Crippen LogP contribution in [-0.4, -0.2) is 35.2 Å². The van der Waals surface area contributed by atoms with Gasteiger partial charge in [0.05, 0.1) is 28.0 Å². The summed E-state index contributed by atoms with van der Waals surface area (Å²) in [7, 11) is -3.12. The van der Waals surface area contributed by atoms with Gasteiger partial charge in [0.2, 0.25) is 0 Å². The third-order valence-corrected chi connectivity index (χ3v) is 7.69. The number of aliphatic hydroxyl groups excluding tert-OH is 1. The number of hydrogen-bond acceptors (Lipinski definition) is 5. The van der Waals surface area contributed by atoms with Crippen LogP contribution in [0.25, 0.3) is 0 Å². The Labute approximate surface area is 166 Å². The third-order valence-electron chi connectivity index (χ3n) is 5.88. The Morgan fingerprint density at radius 3 is 2.64 bits per heavy atom. The van der Waals surface area contributed by atoms with Gasteiger partial charge < -0.3 is 10.4 Å². The summed E-state index contributed by atoms with van der Waals surface area (Å²) >= 11 is 0. The van der Waals surface area contributed by atoms with Crippen LogP contribution in [0.1, 0.15) is 62.8 Å². The highest BCUT2D eigenvalue weighted by Gasteiger charge is 2.32. The molecule has 2 aliphatic rings. The lowest BCUT2D eigenvalue weighted by Gasteiger charge is -2.23. The van der Waals surface area contributed by atoms with Gasteiger partial charge in [0.1, 0.15) is 5.82 Å². The highest BCUT2D eigenvalue weighted by Crippen LogP contribution is 2.40. The number of rotatable bonds is 3. The number of aryl methyl sites for hydroxylation is 1. The van der Waals surface area contributed by atoms with Crippen LogP contribution in [-0.2, 0) is 21.8 Å². The van der Waals surface area contributed by atoms with Crippen LogP contribution in [0.15, 0.2) is 23.1 Å². The van der Waals surface area contributed by atoms with Crippen LogP contribution in [0, 0.1) is 6.92 Å². The second-order valence-electron chi connectivity index (χ2n) is 9.12. The molecule has 1 aliphatic heterocycles. The van der Waals surface area contributed by atoms with Crippen molar-refractivity contribution in [1.82, 2.24) is 9.78 Å². The molecular weight excluding hydrogens is 374 g/mol. The molecule has 0 radical (unpaired) electrons. The second-order valence-corrected chi connectivity index (χ2v) is 11.2. The SMILES string of the molecule is Cc1c([C@H]2CC[C@@H](O)C2)nn(C(C)(C)C)c1Nc1ccc2c(c1)CCS2(=O)=O. The van der Waals surface area contributed by atoms with Crippen molar-refractivity contribution < 1.29 is 13.5 Å². The minimum Gasteiger partial charge on any atom is -0.393 e. The lowest BCUT2D eigenvalue weighted by atomic mass is 10.0. The first kappa shape index (κ1) is 19.5. The highest BCUT2D eigenvalue weighted by atomic mass is 32.2. The van der Waals surface area contributed by atoms with Gasteiger partial charge in [-0.1, -0.05) is 0 Å². The van der Waals surface area contributed by atoms with E-state index in [-0.39, 0.29) is 23.3 Å². The number of nitrogens with one attached hydrogen (secondary N) is 1. The monoisotopic (exact) mass is 403 g/mol. The molecular formula is C21H29N3O3S. The molecule has 0 spiro atoms. The summed E-state index contributed by atoms with van der Waals surface area (Å²) in [5.74, 6) is 1.41. The molecule has 1 aromatic carbocycles. The summed E-state index contributed by atoms with van der Waals surface area (Å²) in [5.41, 5.74) is 3.70. The number of aliphatic hydroxyl groups is 1. The lowest BCUT2D eigenvalue weighted by Crippen LogP contribution is -2.25. The number of anilines is 2. The number of hydrogen-bond donors (Lipinski definition) is 2. The van der Waals surface area contributed by atoms with Gasteiger partial charge in [-0.15, -0.1) is 0 Å². The predicted molar refractivity (Wildman–Crippen MR) is 110 cm³/mol. The van der Waals surface area contributed by atoms with Crippen LogP contribution >= 0.6 is 0 Å².